The van der Waals surface area contributed by atoms with Crippen molar-refractivity contribution in [2.45, 2.75) is 12.5 Å². The maximum atomic E-state index is 13.6. The number of aromatic hydroxyl groups is 1. The molecule has 1 aliphatic heterocycles. The molecule has 37 heavy (non-hydrogen) atoms. The number of Topliss-reactive ketones (excluding diaryl/α,β-unsaturated/α-hetero) is 1. The van der Waals surface area contributed by atoms with Crippen LogP contribution in [0.3, 0.4) is 0 Å². The van der Waals surface area contributed by atoms with Gasteiger partial charge in [0.2, 0.25) is 6.79 Å². The molecule has 2 N–H and O–H groups in total. The van der Waals surface area contributed by atoms with Gasteiger partial charge in [-0.2, -0.15) is 0 Å². The first-order valence-corrected chi connectivity index (χ1v) is 12.0. The first-order valence-electron chi connectivity index (χ1n) is 12.0. The second kappa shape index (κ2) is 9.02. The van der Waals surface area contributed by atoms with Crippen molar-refractivity contribution in [1.82, 2.24) is 4.57 Å². The van der Waals surface area contributed by atoms with E-state index in [0.29, 0.717) is 22.4 Å². The lowest BCUT2D eigenvalue weighted by Gasteiger charge is -2.21. The molecule has 1 aliphatic rings. The van der Waals surface area contributed by atoms with Crippen LogP contribution in [0, 0.1) is 0 Å². The SMILES string of the molecule is Cn1c(=O)c(C(=O)C[C@H](Nc2ccc3ccccc3c2)c2ccc3c(c2)OCO3)c(O)c2ccccc21. The zero-order valence-corrected chi connectivity index (χ0v) is 20.1. The van der Waals surface area contributed by atoms with Crippen LogP contribution in [0.4, 0.5) is 5.69 Å². The van der Waals surface area contributed by atoms with Crippen molar-refractivity contribution in [2.24, 2.45) is 7.05 Å². The molecule has 184 valence electrons. The van der Waals surface area contributed by atoms with E-state index >= 15 is 0 Å². The molecule has 0 amide bonds. The van der Waals surface area contributed by atoms with Crippen molar-refractivity contribution in [2.75, 3.05) is 12.1 Å². The average Bonchev–Trinajstić information content (AvgIpc) is 3.39. The normalized spacial score (nSPS) is 13.1. The molecule has 1 aromatic heterocycles. The highest BCUT2D eigenvalue weighted by molar-refractivity contribution is 6.04. The fourth-order valence-corrected chi connectivity index (χ4v) is 4.88. The first-order chi connectivity index (χ1) is 18.0. The van der Waals surface area contributed by atoms with Crippen molar-refractivity contribution in [3.8, 4) is 17.2 Å². The van der Waals surface area contributed by atoms with Crippen LogP contribution in [0.2, 0.25) is 0 Å². The number of benzene rings is 4. The van der Waals surface area contributed by atoms with Gasteiger partial charge in [0.1, 0.15) is 11.3 Å². The maximum absolute atomic E-state index is 13.6. The van der Waals surface area contributed by atoms with Crippen molar-refractivity contribution in [3.05, 3.63) is 106 Å². The van der Waals surface area contributed by atoms with Gasteiger partial charge in [-0.05, 0) is 52.7 Å². The maximum Gasteiger partial charge on any atom is 0.265 e. The van der Waals surface area contributed by atoms with E-state index in [1.807, 2.05) is 60.7 Å². The van der Waals surface area contributed by atoms with Crippen molar-refractivity contribution in [1.29, 1.82) is 0 Å². The number of carbonyl (C=O) groups excluding carboxylic acids is 1. The molecule has 0 saturated heterocycles. The number of nitrogens with one attached hydrogen (secondary N) is 1. The number of fused-ring (bicyclic) bond motifs is 3. The zero-order chi connectivity index (χ0) is 25.5. The number of nitrogens with zero attached hydrogens (tertiary/aromatic N) is 1. The zero-order valence-electron chi connectivity index (χ0n) is 20.1. The van der Waals surface area contributed by atoms with Crippen LogP contribution < -0.4 is 20.3 Å². The Morgan fingerprint density at radius 2 is 1.70 bits per heavy atom. The van der Waals surface area contributed by atoms with E-state index in [0.717, 1.165) is 22.0 Å². The van der Waals surface area contributed by atoms with E-state index in [-0.39, 0.29) is 24.5 Å². The second-order valence-corrected chi connectivity index (χ2v) is 9.10. The molecule has 0 bridgehead atoms. The van der Waals surface area contributed by atoms with Crippen LogP contribution in [-0.2, 0) is 7.05 Å². The summed E-state index contributed by atoms with van der Waals surface area (Å²) in [6, 6.07) is 26.0. The minimum atomic E-state index is -0.531. The third-order valence-corrected chi connectivity index (χ3v) is 6.83. The highest BCUT2D eigenvalue weighted by Gasteiger charge is 2.26. The summed E-state index contributed by atoms with van der Waals surface area (Å²) in [7, 11) is 1.60. The van der Waals surface area contributed by atoms with Gasteiger partial charge in [0, 0.05) is 24.5 Å². The van der Waals surface area contributed by atoms with E-state index in [9.17, 15) is 14.7 Å². The van der Waals surface area contributed by atoms with E-state index in [1.165, 1.54) is 4.57 Å². The lowest BCUT2D eigenvalue weighted by Crippen LogP contribution is -2.26. The molecular weight excluding hydrogens is 468 g/mol. The lowest BCUT2D eigenvalue weighted by molar-refractivity contribution is 0.0972. The number of rotatable bonds is 6. The summed E-state index contributed by atoms with van der Waals surface area (Å²) in [6.07, 6.45) is -0.0619. The van der Waals surface area contributed by atoms with Gasteiger partial charge in [-0.25, -0.2) is 0 Å². The minimum Gasteiger partial charge on any atom is -0.506 e. The molecule has 0 fully saturated rings. The molecule has 5 aromatic rings. The number of para-hydroxylation sites is 1. The Hall–Kier alpha value is -4.78. The third-order valence-electron chi connectivity index (χ3n) is 6.83. The third kappa shape index (κ3) is 4.04. The number of aromatic nitrogens is 1. The molecule has 1 atom stereocenters. The van der Waals surface area contributed by atoms with Crippen molar-refractivity contribution in [3.63, 3.8) is 0 Å². The standard InChI is InChI=1S/C30H24N2O5/c1-32-24-9-5-4-8-22(24)29(34)28(30(32)35)25(33)16-23(20-11-13-26-27(15-20)37-17-36-26)31-21-12-10-18-6-2-3-7-19(18)14-21/h2-15,23,31,34H,16-17H2,1H3/t23-/m0/s1. The second-order valence-electron chi connectivity index (χ2n) is 9.10. The predicted molar refractivity (Wildman–Crippen MR) is 143 cm³/mol. The van der Waals surface area contributed by atoms with Crippen LogP contribution in [0.5, 0.6) is 17.2 Å². The molecule has 0 saturated carbocycles. The molecular formula is C30H24N2O5. The van der Waals surface area contributed by atoms with E-state index in [4.69, 9.17) is 9.47 Å². The first kappa shape index (κ1) is 22.7. The smallest absolute Gasteiger partial charge is 0.265 e. The number of pyridine rings is 1. The molecule has 6 rings (SSSR count). The van der Waals surface area contributed by atoms with Crippen molar-refractivity contribution < 1.29 is 19.4 Å². The van der Waals surface area contributed by atoms with Gasteiger partial charge < -0.3 is 24.5 Å². The van der Waals surface area contributed by atoms with Crippen LogP contribution >= 0.6 is 0 Å². The number of ketones is 1. The van der Waals surface area contributed by atoms with Gasteiger partial charge in [0.05, 0.1) is 11.6 Å². The van der Waals surface area contributed by atoms with E-state index in [1.54, 1.807) is 31.3 Å². The highest BCUT2D eigenvalue weighted by atomic mass is 16.7. The molecule has 4 aromatic carbocycles. The Kier molecular flexibility index (Phi) is 5.53. The van der Waals surface area contributed by atoms with E-state index in [2.05, 4.69) is 5.32 Å². The molecule has 2 heterocycles. The van der Waals surface area contributed by atoms with Crippen LogP contribution in [0.15, 0.2) is 89.7 Å². The molecule has 7 heteroatoms. The summed E-state index contributed by atoms with van der Waals surface area (Å²) in [5.41, 5.74) is 1.43. The summed E-state index contributed by atoms with van der Waals surface area (Å²) < 4.78 is 12.4. The van der Waals surface area contributed by atoms with Crippen LogP contribution in [0.25, 0.3) is 21.7 Å². The van der Waals surface area contributed by atoms with Crippen LogP contribution in [0.1, 0.15) is 28.4 Å². The van der Waals surface area contributed by atoms with Gasteiger partial charge in [0.25, 0.3) is 5.56 Å². The molecule has 0 aliphatic carbocycles. The molecule has 0 unspecified atom stereocenters. The number of hydrogen-bond acceptors (Lipinski definition) is 6. The van der Waals surface area contributed by atoms with Gasteiger partial charge in [-0.15, -0.1) is 0 Å². The summed E-state index contributed by atoms with van der Waals surface area (Å²) in [4.78, 5) is 26.8. The molecule has 0 radical (unpaired) electrons. The van der Waals surface area contributed by atoms with Crippen LogP contribution in [-0.4, -0.2) is 22.2 Å². The highest BCUT2D eigenvalue weighted by Crippen LogP contribution is 2.37. The number of anilines is 1. The van der Waals surface area contributed by atoms with Gasteiger partial charge in [-0.1, -0.05) is 48.5 Å². The van der Waals surface area contributed by atoms with Gasteiger partial charge >= 0.3 is 0 Å². The quantitative estimate of drug-likeness (QED) is 0.302. The fraction of sp³-hybridized carbons (Fsp3) is 0.133. The Morgan fingerprint density at radius 1 is 0.946 bits per heavy atom. The molecule has 0 spiro atoms. The lowest BCUT2D eigenvalue weighted by atomic mass is 9.96. The largest absolute Gasteiger partial charge is 0.506 e. The number of aryl methyl sites for hydroxylation is 1. The summed E-state index contributed by atoms with van der Waals surface area (Å²) in [6.45, 7) is 0.140. The molecule has 7 nitrogen and oxygen atoms in total. The van der Waals surface area contributed by atoms with Gasteiger partial charge in [0.15, 0.2) is 17.3 Å². The Bertz CT molecular complexity index is 1740. The Balaban J connectivity index is 1.40. The Morgan fingerprint density at radius 3 is 2.57 bits per heavy atom. The van der Waals surface area contributed by atoms with Gasteiger partial charge in [-0.3, -0.25) is 9.59 Å². The van der Waals surface area contributed by atoms with Crippen molar-refractivity contribution >= 4 is 33.1 Å². The topological polar surface area (TPSA) is 89.8 Å². The monoisotopic (exact) mass is 492 g/mol. The number of hydrogen-bond donors (Lipinski definition) is 2. The summed E-state index contributed by atoms with van der Waals surface area (Å²) in [5.74, 6) is 0.485. The Labute approximate surface area is 212 Å². The summed E-state index contributed by atoms with van der Waals surface area (Å²) >= 11 is 0. The average molecular weight is 493 g/mol. The predicted octanol–water partition coefficient (Wildman–Crippen LogP) is 5.55. The number of carbonyl (C=O) groups is 1. The summed E-state index contributed by atoms with van der Waals surface area (Å²) in [5, 5.41) is 17.0. The van der Waals surface area contributed by atoms with E-state index < -0.39 is 17.4 Å². The minimum absolute atomic E-state index is 0.0619. The number of ether oxygens (including phenoxy) is 2. The fourth-order valence-electron chi connectivity index (χ4n) is 4.88.